The molecule has 0 aromatic heterocycles. The highest BCUT2D eigenvalue weighted by Crippen LogP contribution is 2.24. The lowest BCUT2D eigenvalue weighted by molar-refractivity contribution is 0.0526. The van der Waals surface area contributed by atoms with Crippen LogP contribution in [0.25, 0.3) is 0 Å². The van der Waals surface area contributed by atoms with Gasteiger partial charge in [0.05, 0.1) is 11.6 Å². The lowest BCUT2D eigenvalue weighted by atomic mass is 9.98. The first-order chi connectivity index (χ1) is 7.11. The summed E-state index contributed by atoms with van der Waals surface area (Å²) in [4.78, 5) is 0. The van der Waals surface area contributed by atoms with Gasteiger partial charge in [-0.15, -0.1) is 0 Å². The van der Waals surface area contributed by atoms with Crippen molar-refractivity contribution in [3.8, 4) is 12.1 Å². The van der Waals surface area contributed by atoms with Crippen LogP contribution < -0.4 is 5.73 Å². The summed E-state index contributed by atoms with van der Waals surface area (Å²) in [6.07, 6.45) is -2.99. The predicted molar refractivity (Wildman–Crippen MR) is 52.1 cm³/mol. The zero-order valence-corrected chi connectivity index (χ0v) is 7.75. The predicted octanol–water partition coefficient (Wildman–Crippen LogP) is 0.0584. The highest BCUT2D eigenvalue weighted by atomic mass is 16.3. The molecule has 0 fully saturated rings. The topological polar surface area (TPSA) is 114 Å². The highest BCUT2D eigenvalue weighted by molar-refractivity contribution is 5.58. The molecule has 0 heterocycles. The Balaban J connectivity index is 3.22. The van der Waals surface area contributed by atoms with Gasteiger partial charge < -0.3 is 15.9 Å². The van der Waals surface area contributed by atoms with Crippen molar-refractivity contribution < 1.29 is 10.2 Å². The molecule has 0 amide bonds. The highest BCUT2D eigenvalue weighted by Gasteiger charge is 2.21. The van der Waals surface area contributed by atoms with E-state index in [1.165, 1.54) is 18.2 Å². The molecule has 76 valence electrons. The van der Waals surface area contributed by atoms with Crippen LogP contribution in [0.15, 0.2) is 18.2 Å². The van der Waals surface area contributed by atoms with E-state index in [1.807, 2.05) is 6.07 Å². The van der Waals surface area contributed by atoms with E-state index in [4.69, 9.17) is 21.4 Å². The second-order valence-corrected chi connectivity index (χ2v) is 2.94. The molecule has 0 saturated heterocycles. The Bertz CT molecular complexity index is 445. The third-order valence-corrected chi connectivity index (χ3v) is 1.99. The average Bonchev–Trinajstić information content (AvgIpc) is 2.26. The van der Waals surface area contributed by atoms with E-state index in [0.717, 1.165) is 0 Å². The quantitative estimate of drug-likeness (QED) is 0.464. The van der Waals surface area contributed by atoms with Gasteiger partial charge in [-0.2, -0.15) is 10.5 Å². The SMILES string of the molecule is N#Cc1c(N)cccc1C(O)C(O)C#N. The molecule has 15 heavy (non-hydrogen) atoms. The molecule has 0 spiro atoms. The first-order valence-corrected chi connectivity index (χ1v) is 4.16. The lowest BCUT2D eigenvalue weighted by Gasteiger charge is -2.14. The van der Waals surface area contributed by atoms with Crippen LogP contribution in [0.4, 0.5) is 5.69 Å². The molecule has 2 unspecified atom stereocenters. The van der Waals surface area contributed by atoms with Gasteiger partial charge in [0.25, 0.3) is 0 Å². The van der Waals surface area contributed by atoms with Crippen molar-refractivity contribution in [3.63, 3.8) is 0 Å². The molecule has 1 rings (SSSR count). The number of benzene rings is 1. The summed E-state index contributed by atoms with van der Waals surface area (Å²) in [6.45, 7) is 0. The van der Waals surface area contributed by atoms with E-state index in [-0.39, 0.29) is 16.8 Å². The minimum Gasteiger partial charge on any atom is -0.398 e. The largest absolute Gasteiger partial charge is 0.398 e. The zero-order chi connectivity index (χ0) is 11.4. The van der Waals surface area contributed by atoms with Crippen LogP contribution in [-0.2, 0) is 0 Å². The van der Waals surface area contributed by atoms with E-state index >= 15 is 0 Å². The van der Waals surface area contributed by atoms with Crippen LogP contribution in [0.2, 0.25) is 0 Å². The van der Waals surface area contributed by atoms with Crippen LogP contribution >= 0.6 is 0 Å². The summed E-state index contributed by atoms with van der Waals surface area (Å²) in [6, 6.07) is 7.80. The van der Waals surface area contributed by atoms with Crippen molar-refractivity contribution in [2.24, 2.45) is 0 Å². The molecule has 0 aliphatic carbocycles. The van der Waals surface area contributed by atoms with Crippen molar-refractivity contribution in [2.75, 3.05) is 5.73 Å². The summed E-state index contributed by atoms with van der Waals surface area (Å²) >= 11 is 0. The fraction of sp³-hybridized carbons (Fsp3) is 0.200. The van der Waals surface area contributed by atoms with Crippen molar-refractivity contribution >= 4 is 5.69 Å². The number of nitriles is 2. The maximum atomic E-state index is 9.55. The lowest BCUT2D eigenvalue weighted by Crippen LogP contribution is -2.17. The van der Waals surface area contributed by atoms with Gasteiger partial charge in [0.15, 0.2) is 6.10 Å². The zero-order valence-electron chi connectivity index (χ0n) is 7.75. The maximum Gasteiger partial charge on any atom is 0.170 e. The van der Waals surface area contributed by atoms with Gasteiger partial charge in [-0.1, -0.05) is 12.1 Å². The van der Waals surface area contributed by atoms with Crippen molar-refractivity contribution in [3.05, 3.63) is 29.3 Å². The Morgan fingerprint density at radius 3 is 2.47 bits per heavy atom. The molecule has 1 aromatic carbocycles. The minimum absolute atomic E-state index is 0.0827. The Hall–Kier alpha value is -2.08. The van der Waals surface area contributed by atoms with Crippen LogP contribution in [-0.4, -0.2) is 16.3 Å². The molecule has 0 aliphatic heterocycles. The Morgan fingerprint density at radius 1 is 1.27 bits per heavy atom. The molecule has 5 nitrogen and oxygen atoms in total. The van der Waals surface area contributed by atoms with Crippen molar-refractivity contribution in [1.82, 2.24) is 0 Å². The molecule has 0 bridgehead atoms. The number of rotatable bonds is 2. The number of hydrogen-bond donors (Lipinski definition) is 3. The number of aliphatic hydroxyl groups is 2. The molecule has 4 N–H and O–H groups in total. The van der Waals surface area contributed by atoms with Crippen LogP contribution in [0.1, 0.15) is 17.2 Å². The van der Waals surface area contributed by atoms with Gasteiger partial charge in [0.1, 0.15) is 12.2 Å². The summed E-state index contributed by atoms with van der Waals surface area (Å²) in [5, 5.41) is 35.9. The van der Waals surface area contributed by atoms with Crippen LogP contribution in [0.3, 0.4) is 0 Å². The summed E-state index contributed by atoms with van der Waals surface area (Å²) in [7, 11) is 0. The van der Waals surface area contributed by atoms with E-state index in [0.29, 0.717) is 0 Å². The Morgan fingerprint density at radius 2 is 1.93 bits per heavy atom. The summed E-state index contributed by atoms with van der Waals surface area (Å²) in [5.41, 5.74) is 5.96. The third-order valence-electron chi connectivity index (χ3n) is 1.99. The first kappa shape index (κ1) is 11.0. The molecule has 1 aromatic rings. The van der Waals surface area contributed by atoms with E-state index in [9.17, 15) is 5.11 Å². The number of nitrogens with two attached hydrogens (primary N) is 1. The number of aliphatic hydroxyl groups excluding tert-OH is 2. The van der Waals surface area contributed by atoms with E-state index in [1.54, 1.807) is 6.07 Å². The molecule has 0 aliphatic rings. The fourth-order valence-corrected chi connectivity index (χ4v) is 1.21. The second-order valence-electron chi connectivity index (χ2n) is 2.94. The second kappa shape index (κ2) is 4.43. The number of hydrogen-bond acceptors (Lipinski definition) is 5. The monoisotopic (exact) mass is 203 g/mol. The van der Waals surface area contributed by atoms with Gasteiger partial charge in [-0.05, 0) is 6.07 Å². The molecule has 0 saturated carbocycles. The molecular formula is C10H9N3O2. The van der Waals surface area contributed by atoms with Gasteiger partial charge in [-0.3, -0.25) is 0 Å². The Kier molecular flexibility index (Phi) is 3.25. The fourth-order valence-electron chi connectivity index (χ4n) is 1.21. The molecular weight excluding hydrogens is 194 g/mol. The van der Waals surface area contributed by atoms with Crippen LogP contribution in [0, 0.1) is 22.7 Å². The maximum absolute atomic E-state index is 9.55. The standard InChI is InChI=1S/C10H9N3O2/c11-4-7-6(2-1-3-8(7)13)10(15)9(14)5-12/h1-3,9-10,14-15H,13H2. The smallest absolute Gasteiger partial charge is 0.170 e. The van der Waals surface area contributed by atoms with E-state index < -0.39 is 12.2 Å². The minimum atomic E-state index is -1.57. The van der Waals surface area contributed by atoms with Gasteiger partial charge in [0.2, 0.25) is 0 Å². The number of nitrogen functional groups attached to an aromatic ring is 1. The Labute approximate surface area is 86.6 Å². The van der Waals surface area contributed by atoms with Crippen LogP contribution in [0.5, 0.6) is 0 Å². The molecule has 0 radical (unpaired) electrons. The first-order valence-electron chi connectivity index (χ1n) is 4.16. The number of nitrogens with zero attached hydrogens (tertiary/aromatic N) is 2. The average molecular weight is 203 g/mol. The molecule has 2 atom stereocenters. The van der Waals surface area contributed by atoms with Crippen molar-refractivity contribution in [1.29, 1.82) is 10.5 Å². The normalized spacial score (nSPS) is 13.6. The molecule has 5 heteroatoms. The van der Waals surface area contributed by atoms with Gasteiger partial charge >= 0.3 is 0 Å². The summed E-state index contributed by atoms with van der Waals surface area (Å²) in [5.74, 6) is 0. The van der Waals surface area contributed by atoms with Gasteiger partial charge in [-0.25, -0.2) is 0 Å². The van der Waals surface area contributed by atoms with E-state index in [2.05, 4.69) is 0 Å². The summed E-state index contributed by atoms with van der Waals surface area (Å²) < 4.78 is 0. The van der Waals surface area contributed by atoms with Crippen molar-refractivity contribution in [2.45, 2.75) is 12.2 Å². The number of anilines is 1. The van der Waals surface area contributed by atoms with Gasteiger partial charge in [0, 0.05) is 11.3 Å². The third kappa shape index (κ3) is 2.05.